The molecule has 6 rings (SSSR count). The molecule has 50 heavy (non-hydrogen) atoms. The summed E-state index contributed by atoms with van der Waals surface area (Å²) in [6, 6.07) is 11.2. The van der Waals surface area contributed by atoms with Crippen molar-refractivity contribution in [1.29, 1.82) is 0 Å². The number of ether oxygens (including phenoxy) is 2. The summed E-state index contributed by atoms with van der Waals surface area (Å²) in [6.45, 7) is 11.4. The van der Waals surface area contributed by atoms with Crippen molar-refractivity contribution in [2.45, 2.75) is 102 Å². The van der Waals surface area contributed by atoms with Gasteiger partial charge in [0.1, 0.15) is 23.0 Å². The lowest BCUT2D eigenvalue weighted by molar-refractivity contribution is -0.0216. The number of rotatable bonds is 6. The molecule has 0 spiro atoms. The molecule has 8 nitrogen and oxygen atoms in total. The van der Waals surface area contributed by atoms with E-state index in [4.69, 9.17) is 21.1 Å². The fourth-order valence-corrected chi connectivity index (χ4v) is 8.54. The number of benzene rings is 3. The highest BCUT2D eigenvalue weighted by atomic mass is 35.5. The molecule has 2 N–H and O–H groups in total. The Hall–Kier alpha value is -3.54. The van der Waals surface area contributed by atoms with Crippen LogP contribution in [0.3, 0.4) is 0 Å². The number of nitrogens with one attached hydrogen (secondary N) is 2. The van der Waals surface area contributed by atoms with Crippen molar-refractivity contribution in [1.82, 2.24) is 14.9 Å². The normalized spacial score (nSPS) is 22.2. The van der Waals surface area contributed by atoms with Gasteiger partial charge in [-0.15, -0.1) is 0 Å². The second-order valence-electron chi connectivity index (χ2n) is 15.2. The maximum absolute atomic E-state index is 17.1. The smallest absolute Gasteiger partial charge is 0.410 e. The molecule has 4 atom stereocenters. The molecule has 2 heterocycles. The number of amides is 2. The van der Waals surface area contributed by atoms with Crippen LogP contribution in [-0.4, -0.2) is 51.1 Å². The maximum Gasteiger partial charge on any atom is 0.410 e. The van der Waals surface area contributed by atoms with Gasteiger partial charge in [0, 0.05) is 48.8 Å². The number of likely N-dealkylation sites (tertiary alicyclic amines) is 1. The molecule has 3 aromatic carbocycles. The summed E-state index contributed by atoms with van der Waals surface area (Å²) in [5, 5.41) is 2.27. The standard InChI is InChI=1S/C38H44ClF2N3O5S/c1-36(2,3)49-35(46)44-17-11-14-29(44)38(21-12-9-8-10-13-21)20-25-28(48-38)19-26(40)32(39)30(25)31-24(34(45)42-7)18-23-22(33(31)41)15-16-27(23)43-50(47)37(4,5)6/h8-10,12-13,18-19,27,29,43H,11,14-17,20H2,1-7H3,(H,42,45)/t27?,29-,38-,50?/m0/s1. The van der Waals surface area contributed by atoms with Gasteiger partial charge in [0.05, 0.1) is 32.4 Å². The first-order valence-electron chi connectivity index (χ1n) is 17.0. The van der Waals surface area contributed by atoms with Gasteiger partial charge in [0.25, 0.3) is 5.91 Å². The van der Waals surface area contributed by atoms with Gasteiger partial charge in [-0.3, -0.25) is 4.79 Å². The van der Waals surface area contributed by atoms with Crippen molar-refractivity contribution < 1.29 is 32.1 Å². The van der Waals surface area contributed by atoms with E-state index in [2.05, 4.69) is 10.0 Å². The Kier molecular flexibility index (Phi) is 9.58. The summed E-state index contributed by atoms with van der Waals surface area (Å²) in [5.41, 5.74) is 0.0233. The predicted molar refractivity (Wildman–Crippen MR) is 191 cm³/mol. The van der Waals surface area contributed by atoms with Crippen LogP contribution in [0.25, 0.3) is 11.1 Å². The molecule has 0 bridgehead atoms. The van der Waals surface area contributed by atoms with E-state index in [0.29, 0.717) is 48.9 Å². The second kappa shape index (κ2) is 13.2. The number of hydrogen-bond donors (Lipinski definition) is 2. The average Bonchev–Trinajstić information content (AvgIpc) is 3.79. The Morgan fingerprint density at radius 3 is 2.38 bits per heavy atom. The number of fused-ring (bicyclic) bond motifs is 2. The molecule has 0 radical (unpaired) electrons. The van der Waals surface area contributed by atoms with E-state index in [9.17, 15) is 13.8 Å². The van der Waals surface area contributed by atoms with Gasteiger partial charge in [-0.25, -0.2) is 22.5 Å². The Morgan fingerprint density at radius 1 is 1.04 bits per heavy atom. The average molecular weight is 728 g/mol. The predicted octanol–water partition coefficient (Wildman–Crippen LogP) is 7.91. The highest BCUT2D eigenvalue weighted by Crippen LogP contribution is 2.54. The molecule has 0 aromatic heterocycles. The highest BCUT2D eigenvalue weighted by molar-refractivity contribution is 7.84. The third kappa shape index (κ3) is 6.41. The number of nitrogens with zero attached hydrogens (tertiary/aromatic N) is 1. The number of hydrogen-bond acceptors (Lipinski definition) is 5. The quantitative estimate of drug-likeness (QED) is 0.269. The van der Waals surface area contributed by atoms with Gasteiger partial charge in [0.2, 0.25) is 0 Å². The number of halogens is 3. The Morgan fingerprint density at radius 2 is 1.74 bits per heavy atom. The number of carbonyl (C=O) groups excluding carboxylic acids is 2. The largest absolute Gasteiger partial charge is 0.480 e. The molecule has 2 amide bonds. The van der Waals surface area contributed by atoms with Crippen molar-refractivity contribution in [2.75, 3.05) is 13.6 Å². The van der Waals surface area contributed by atoms with Crippen LogP contribution in [0, 0.1) is 11.6 Å². The zero-order valence-electron chi connectivity index (χ0n) is 29.5. The third-order valence-corrected chi connectivity index (χ3v) is 11.7. The first-order valence-corrected chi connectivity index (χ1v) is 18.5. The molecule has 268 valence electrons. The summed E-state index contributed by atoms with van der Waals surface area (Å²) >= 11 is 6.79. The van der Waals surface area contributed by atoms with Crippen LogP contribution < -0.4 is 14.8 Å². The van der Waals surface area contributed by atoms with E-state index < -0.39 is 62.7 Å². The first-order chi connectivity index (χ1) is 23.5. The topological polar surface area (TPSA) is 97.0 Å². The minimum atomic E-state index is -1.45. The lowest BCUT2D eigenvalue weighted by Gasteiger charge is -2.40. The van der Waals surface area contributed by atoms with Gasteiger partial charge in [-0.1, -0.05) is 41.9 Å². The zero-order valence-corrected chi connectivity index (χ0v) is 31.0. The fraction of sp³-hybridized carbons (Fsp3) is 0.474. The van der Waals surface area contributed by atoms with E-state index in [1.807, 2.05) is 51.1 Å². The molecule has 2 aliphatic heterocycles. The van der Waals surface area contributed by atoms with Gasteiger partial charge in [0.15, 0.2) is 5.60 Å². The van der Waals surface area contributed by atoms with Gasteiger partial charge >= 0.3 is 6.09 Å². The van der Waals surface area contributed by atoms with Gasteiger partial charge in [-0.05, 0) is 90.0 Å². The Labute approximate surface area is 299 Å². The van der Waals surface area contributed by atoms with Crippen molar-refractivity contribution in [2.24, 2.45) is 0 Å². The monoisotopic (exact) mass is 727 g/mol. The fourth-order valence-electron chi connectivity index (χ4n) is 7.42. The van der Waals surface area contributed by atoms with Gasteiger partial charge in [-0.2, -0.15) is 0 Å². The Bertz CT molecular complexity index is 1880. The zero-order chi connectivity index (χ0) is 36.3. The van der Waals surface area contributed by atoms with Crippen LogP contribution in [-0.2, 0) is 34.2 Å². The van der Waals surface area contributed by atoms with E-state index in [1.54, 1.807) is 31.7 Å². The molecule has 2 unspecified atom stereocenters. The van der Waals surface area contributed by atoms with Crippen LogP contribution in [0.1, 0.15) is 99.5 Å². The first kappa shape index (κ1) is 36.3. The molecular formula is C38H44ClF2N3O5S. The SMILES string of the molecule is CNC(=O)c1cc2c(c(F)c1-c1c(Cl)c(F)cc3c1C[C@](c1ccccc1)([C@@H]1CCCN1C(=O)OC(C)(C)C)O3)CCC2NS(=O)C(C)(C)C. The van der Waals surface area contributed by atoms with Crippen LogP contribution in [0.2, 0.25) is 5.02 Å². The summed E-state index contributed by atoms with van der Waals surface area (Å²) < 4.78 is 61.2. The molecular weight excluding hydrogens is 684 g/mol. The maximum atomic E-state index is 17.1. The molecule has 1 aliphatic carbocycles. The highest BCUT2D eigenvalue weighted by Gasteiger charge is 2.54. The molecule has 3 aromatic rings. The Balaban J connectivity index is 1.53. The lowest BCUT2D eigenvalue weighted by atomic mass is 9.79. The van der Waals surface area contributed by atoms with E-state index in [-0.39, 0.29) is 33.9 Å². The third-order valence-electron chi connectivity index (χ3n) is 9.69. The van der Waals surface area contributed by atoms with E-state index >= 15 is 8.78 Å². The summed E-state index contributed by atoms with van der Waals surface area (Å²) in [4.78, 5) is 28.8. The van der Waals surface area contributed by atoms with Crippen LogP contribution in [0.15, 0.2) is 42.5 Å². The van der Waals surface area contributed by atoms with Crippen LogP contribution in [0.4, 0.5) is 13.6 Å². The summed E-state index contributed by atoms with van der Waals surface area (Å²) in [6.07, 6.45) is 1.67. The van der Waals surface area contributed by atoms with Crippen molar-refractivity contribution in [3.63, 3.8) is 0 Å². The van der Waals surface area contributed by atoms with Gasteiger partial charge < -0.3 is 19.7 Å². The van der Waals surface area contributed by atoms with E-state index in [1.165, 1.54) is 13.1 Å². The summed E-state index contributed by atoms with van der Waals surface area (Å²) in [5.74, 6) is -1.94. The second-order valence-corrected chi connectivity index (χ2v) is 17.6. The molecule has 0 saturated carbocycles. The summed E-state index contributed by atoms with van der Waals surface area (Å²) in [7, 11) is -0.00749. The lowest BCUT2D eigenvalue weighted by Crippen LogP contribution is -2.53. The minimum absolute atomic E-state index is 0.0258. The van der Waals surface area contributed by atoms with Crippen molar-refractivity contribution >= 4 is 34.6 Å². The molecule has 12 heteroatoms. The van der Waals surface area contributed by atoms with Crippen molar-refractivity contribution in [3.8, 4) is 16.9 Å². The van der Waals surface area contributed by atoms with Crippen molar-refractivity contribution in [3.05, 3.63) is 86.9 Å². The molecule has 1 fully saturated rings. The van der Waals surface area contributed by atoms with Crippen LogP contribution >= 0.6 is 11.6 Å². The molecule has 3 aliphatic rings. The minimum Gasteiger partial charge on any atom is -0.480 e. The number of carbonyl (C=O) groups is 2. The van der Waals surface area contributed by atoms with E-state index in [0.717, 1.165) is 5.56 Å². The van der Waals surface area contributed by atoms with Crippen LogP contribution in [0.5, 0.6) is 5.75 Å². The molecule has 1 saturated heterocycles.